The molecule has 0 heterocycles. The van der Waals surface area contributed by atoms with Crippen LogP contribution in [0.1, 0.15) is 69.4 Å². The monoisotopic (exact) mass is 314 g/mol. The first-order valence-electron chi connectivity index (χ1n) is 9.31. The van der Waals surface area contributed by atoms with E-state index in [0.717, 1.165) is 37.5 Å². The summed E-state index contributed by atoms with van der Waals surface area (Å²) in [5, 5.41) is 9.36. The Morgan fingerprint density at radius 3 is 2.09 bits per heavy atom. The van der Waals surface area contributed by atoms with E-state index in [4.69, 9.17) is 0 Å². The van der Waals surface area contributed by atoms with Crippen LogP contribution in [-0.4, -0.2) is 11.1 Å². The van der Waals surface area contributed by atoms with Crippen LogP contribution < -0.4 is 0 Å². The molecule has 23 heavy (non-hydrogen) atoms. The van der Waals surface area contributed by atoms with E-state index in [1.165, 1.54) is 36.8 Å². The maximum atomic E-state index is 11.4. The van der Waals surface area contributed by atoms with Crippen LogP contribution in [0.4, 0.5) is 0 Å². The fraction of sp³-hybridized carbons (Fsp3) is 0.667. The van der Waals surface area contributed by atoms with Gasteiger partial charge >= 0.3 is 5.97 Å². The van der Waals surface area contributed by atoms with Gasteiger partial charge in [0.25, 0.3) is 0 Å². The quantitative estimate of drug-likeness (QED) is 0.818. The molecule has 1 aromatic rings. The lowest BCUT2D eigenvalue weighted by atomic mass is 9.56. The minimum absolute atomic E-state index is 0.129. The molecular weight excluding hydrogens is 284 g/mol. The van der Waals surface area contributed by atoms with Gasteiger partial charge in [-0.15, -0.1) is 0 Å². The fourth-order valence-electron chi connectivity index (χ4n) is 5.01. The van der Waals surface area contributed by atoms with E-state index in [1.54, 1.807) is 0 Å². The second-order valence-corrected chi connectivity index (χ2v) is 8.09. The van der Waals surface area contributed by atoms with Gasteiger partial charge in [-0.25, -0.2) is 0 Å². The van der Waals surface area contributed by atoms with Gasteiger partial charge in [-0.3, -0.25) is 4.79 Å². The molecule has 0 radical (unpaired) electrons. The largest absolute Gasteiger partial charge is 0.481 e. The van der Waals surface area contributed by atoms with Crippen molar-refractivity contribution in [2.75, 3.05) is 0 Å². The highest BCUT2D eigenvalue weighted by Crippen LogP contribution is 2.51. The number of aryl methyl sites for hydroxylation is 1. The molecule has 2 heteroatoms. The molecular formula is C21H30O2. The minimum atomic E-state index is -0.597. The lowest BCUT2D eigenvalue weighted by molar-refractivity contribution is -0.143. The molecule has 3 rings (SSSR count). The molecule has 0 spiro atoms. The molecule has 0 amide bonds. The van der Waals surface area contributed by atoms with Gasteiger partial charge in [0, 0.05) is 0 Å². The van der Waals surface area contributed by atoms with Gasteiger partial charge in [-0.05, 0) is 68.3 Å². The molecule has 126 valence electrons. The Labute approximate surface area is 140 Å². The van der Waals surface area contributed by atoms with Crippen molar-refractivity contribution in [2.24, 2.45) is 17.8 Å². The predicted octanol–water partition coefficient (Wildman–Crippen LogP) is 5.33. The summed E-state index contributed by atoms with van der Waals surface area (Å²) in [6.07, 6.45) is 9.07. The van der Waals surface area contributed by atoms with E-state index in [-0.39, 0.29) is 11.3 Å². The Bertz CT molecular complexity index is 529. The second-order valence-electron chi connectivity index (χ2n) is 8.09. The Kier molecular flexibility index (Phi) is 4.79. The normalized spacial score (nSPS) is 35.0. The number of carboxylic acid groups (broad SMARTS) is 1. The standard InChI is InChI=1S/C21H30O2/c1-15-3-7-18(8-4-15)21(19-9-5-16(2)6-10-19)13-11-17(12-14-21)20(22)23/h3-4,7-8,16-17,19H,5-6,9-14H2,1-2H3,(H,22,23). The van der Waals surface area contributed by atoms with Crippen LogP contribution in [0, 0.1) is 24.7 Å². The van der Waals surface area contributed by atoms with E-state index in [1.807, 2.05) is 0 Å². The molecule has 0 aliphatic heterocycles. The van der Waals surface area contributed by atoms with Crippen LogP contribution in [0.3, 0.4) is 0 Å². The Hall–Kier alpha value is -1.31. The van der Waals surface area contributed by atoms with Crippen molar-refractivity contribution >= 4 is 5.97 Å². The van der Waals surface area contributed by atoms with E-state index in [2.05, 4.69) is 38.1 Å². The Morgan fingerprint density at radius 2 is 1.57 bits per heavy atom. The average molecular weight is 314 g/mol. The summed E-state index contributed by atoms with van der Waals surface area (Å²) in [5.74, 6) is 0.865. The first kappa shape index (κ1) is 16.5. The highest BCUT2D eigenvalue weighted by Gasteiger charge is 2.44. The predicted molar refractivity (Wildman–Crippen MR) is 93.6 cm³/mol. The third-order valence-corrected chi connectivity index (χ3v) is 6.65. The maximum absolute atomic E-state index is 11.4. The Morgan fingerprint density at radius 1 is 1.00 bits per heavy atom. The van der Waals surface area contributed by atoms with Crippen LogP contribution in [0.25, 0.3) is 0 Å². The number of carboxylic acids is 1. The van der Waals surface area contributed by atoms with E-state index >= 15 is 0 Å². The van der Waals surface area contributed by atoms with Crippen LogP contribution >= 0.6 is 0 Å². The second kappa shape index (κ2) is 6.67. The summed E-state index contributed by atoms with van der Waals surface area (Å²) >= 11 is 0. The van der Waals surface area contributed by atoms with Gasteiger partial charge in [-0.2, -0.15) is 0 Å². The number of carbonyl (C=O) groups is 1. The van der Waals surface area contributed by atoms with Crippen LogP contribution in [-0.2, 0) is 10.2 Å². The highest BCUT2D eigenvalue weighted by atomic mass is 16.4. The SMILES string of the molecule is Cc1ccc(C2(C3CCC(C)CC3)CCC(C(=O)O)CC2)cc1. The lowest BCUT2D eigenvalue weighted by Crippen LogP contribution is -2.42. The first-order valence-corrected chi connectivity index (χ1v) is 9.31. The molecule has 2 aliphatic rings. The van der Waals surface area contributed by atoms with Crippen molar-refractivity contribution in [1.82, 2.24) is 0 Å². The molecule has 1 aromatic carbocycles. The molecule has 0 unspecified atom stereocenters. The molecule has 2 nitrogen and oxygen atoms in total. The number of aliphatic carboxylic acids is 1. The lowest BCUT2D eigenvalue weighted by Gasteiger charge is -2.48. The first-order chi connectivity index (χ1) is 11.0. The molecule has 0 bridgehead atoms. The number of hydrogen-bond donors (Lipinski definition) is 1. The van der Waals surface area contributed by atoms with E-state index < -0.39 is 5.97 Å². The molecule has 0 aromatic heterocycles. The van der Waals surface area contributed by atoms with Crippen molar-refractivity contribution < 1.29 is 9.90 Å². The molecule has 0 saturated heterocycles. The van der Waals surface area contributed by atoms with Crippen molar-refractivity contribution in [3.05, 3.63) is 35.4 Å². The average Bonchev–Trinajstić information content (AvgIpc) is 2.56. The molecule has 0 atom stereocenters. The van der Waals surface area contributed by atoms with Crippen LogP contribution in [0.15, 0.2) is 24.3 Å². The maximum Gasteiger partial charge on any atom is 0.306 e. The molecule has 2 aliphatic carbocycles. The topological polar surface area (TPSA) is 37.3 Å². The third-order valence-electron chi connectivity index (χ3n) is 6.65. The van der Waals surface area contributed by atoms with Gasteiger partial charge in [0.15, 0.2) is 0 Å². The molecule has 2 saturated carbocycles. The van der Waals surface area contributed by atoms with Crippen molar-refractivity contribution in [3.63, 3.8) is 0 Å². The molecule has 2 fully saturated rings. The fourth-order valence-corrected chi connectivity index (χ4v) is 5.01. The van der Waals surface area contributed by atoms with Crippen molar-refractivity contribution in [1.29, 1.82) is 0 Å². The summed E-state index contributed by atoms with van der Waals surface area (Å²) in [5.41, 5.74) is 2.99. The Balaban J connectivity index is 1.87. The zero-order valence-electron chi connectivity index (χ0n) is 14.6. The smallest absolute Gasteiger partial charge is 0.306 e. The van der Waals surface area contributed by atoms with Gasteiger partial charge < -0.3 is 5.11 Å². The summed E-state index contributed by atoms with van der Waals surface area (Å²) in [7, 11) is 0. The summed E-state index contributed by atoms with van der Waals surface area (Å²) in [4.78, 5) is 11.4. The van der Waals surface area contributed by atoms with Gasteiger partial charge in [-0.1, -0.05) is 49.6 Å². The van der Waals surface area contributed by atoms with Crippen LogP contribution in [0.2, 0.25) is 0 Å². The number of rotatable bonds is 3. The number of hydrogen-bond acceptors (Lipinski definition) is 1. The van der Waals surface area contributed by atoms with Crippen molar-refractivity contribution in [2.45, 2.75) is 70.6 Å². The van der Waals surface area contributed by atoms with Gasteiger partial charge in [0.1, 0.15) is 0 Å². The molecule has 1 N–H and O–H groups in total. The van der Waals surface area contributed by atoms with Crippen LogP contribution in [0.5, 0.6) is 0 Å². The number of benzene rings is 1. The summed E-state index contributed by atoms with van der Waals surface area (Å²) in [6.45, 7) is 4.51. The van der Waals surface area contributed by atoms with E-state index in [0.29, 0.717) is 0 Å². The highest BCUT2D eigenvalue weighted by molar-refractivity contribution is 5.70. The third kappa shape index (κ3) is 3.32. The summed E-state index contributed by atoms with van der Waals surface area (Å²) in [6, 6.07) is 9.08. The minimum Gasteiger partial charge on any atom is -0.481 e. The zero-order valence-corrected chi connectivity index (χ0v) is 14.6. The summed E-state index contributed by atoms with van der Waals surface area (Å²) < 4.78 is 0. The zero-order chi connectivity index (χ0) is 16.4. The van der Waals surface area contributed by atoms with E-state index in [9.17, 15) is 9.90 Å². The van der Waals surface area contributed by atoms with Gasteiger partial charge in [0.05, 0.1) is 5.92 Å². The van der Waals surface area contributed by atoms with Crippen molar-refractivity contribution in [3.8, 4) is 0 Å². The van der Waals surface area contributed by atoms with Gasteiger partial charge in [0.2, 0.25) is 0 Å².